The maximum atomic E-state index is 9.66. The summed E-state index contributed by atoms with van der Waals surface area (Å²) in [7, 11) is 0. The fraction of sp³-hybridized carbons (Fsp3) is 0.462. The van der Waals surface area contributed by atoms with Crippen LogP contribution in [0.3, 0.4) is 0 Å². The number of ether oxygens (including phenoxy) is 2. The highest BCUT2D eigenvalue weighted by Gasteiger charge is 2.47. The van der Waals surface area contributed by atoms with Crippen LogP contribution in [0, 0.1) is 0 Å². The quantitative estimate of drug-likeness (QED) is 0.686. The van der Waals surface area contributed by atoms with Gasteiger partial charge >= 0.3 is 0 Å². The minimum Gasteiger partial charge on any atom is -0.388 e. The molecular formula is C13H16N2O3S. The molecule has 2 heterocycles. The number of rotatable bonds is 2. The molecule has 0 bridgehead atoms. The third-order valence-corrected chi connectivity index (χ3v) is 3.60. The minimum absolute atomic E-state index is 0.0223. The van der Waals surface area contributed by atoms with Gasteiger partial charge in [0.05, 0.1) is 19.3 Å². The molecule has 4 unspecified atom stereocenters. The molecule has 3 rings (SSSR count). The lowest BCUT2D eigenvalue weighted by atomic mass is 10.1. The van der Waals surface area contributed by atoms with E-state index in [0.717, 1.165) is 5.69 Å². The van der Waals surface area contributed by atoms with Gasteiger partial charge in [0.2, 0.25) is 0 Å². The van der Waals surface area contributed by atoms with Gasteiger partial charge in [-0.3, -0.25) is 0 Å². The van der Waals surface area contributed by atoms with Crippen molar-refractivity contribution in [3.63, 3.8) is 0 Å². The highest BCUT2D eigenvalue weighted by atomic mass is 32.1. The predicted molar refractivity (Wildman–Crippen MR) is 75.1 cm³/mol. The van der Waals surface area contributed by atoms with Crippen molar-refractivity contribution >= 4 is 23.0 Å². The van der Waals surface area contributed by atoms with E-state index in [1.807, 2.05) is 30.3 Å². The minimum atomic E-state index is -0.535. The van der Waals surface area contributed by atoms with Crippen molar-refractivity contribution in [3.8, 4) is 0 Å². The van der Waals surface area contributed by atoms with Gasteiger partial charge in [-0.25, -0.2) is 0 Å². The van der Waals surface area contributed by atoms with Crippen LogP contribution >= 0.6 is 12.2 Å². The lowest BCUT2D eigenvalue weighted by Crippen LogP contribution is -2.45. The molecular weight excluding hydrogens is 264 g/mol. The first-order chi connectivity index (χ1) is 9.24. The Hall–Kier alpha value is -1.21. The monoisotopic (exact) mass is 280 g/mol. The number of fused-ring (bicyclic) bond motifs is 1. The molecule has 19 heavy (non-hydrogen) atoms. The van der Waals surface area contributed by atoms with E-state index < -0.39 is 6.10 Å². The molecule has 3 N–H and O–H groups in total. The van der Waals surface area contributed by atoms with Crippen molar-refractivity contribution in [3.05, 3.63) is 30.3 Å². The number of anilines is 1. The molecule has 0 aliphatic carbocycles. The Kier molecular flexibility index (Phi) is 3.65. The molecule has 2 saturated heterocycles. The van der Waals surface area contributed by atoms with E-state index in [2.05, 4.69) is 10.6 Å². The molecule has 1 aromatic rings. The number of benzene rings is 1. The van der Waals surface area contributed by atoms with Crippen LogP contribution in [0.15, 0.2) is 30.3 Å². The van der Waals surface area contributed by atoms with Crippen molar-refractivity contribution in [2.24, 2.45) is 0 Å². The second kappa shape index (κ2) is 5.42. The van der Waals surface area contributed by atoms with Crippen LogP contribution in [-0.4, -0.2) is 47.8 Å². The first-order valence-electron chi connectivity index (χ1n) is 6.28. The topological polar surface area (TPSA) is 62.8 Å². The summed E-state index contributed by atoms with van der Waals surface area (Å²) in [5, 5.41) is 16.5. The Morgan fingerprint density at radius 2 is 1.89 bits per heavy atom. The van der Waals surface area contributed by atoms with Crippen LogP contribution in [0.2, 0.25) is 0 Å². The van der Waals surface area contributed by atoms with Crippen LogP contribution in [0.5, 0.6) is 0 Å². The zero-order chi connectivity index (χ0) is 13.2. The molecule has 5 nitrogen and oxygen atoms in total. The van der Waals surface area contributed by atoms with Crippen molar-refractivity contribution in [1.29, 1.82) is 0 Å². The van der Waals surface area contributed by atoms with Crippen molar-refractivity contribution < 1.29 is 14.6 Å². The third-order valence-electron chi connectivity index (χ3n) is 3.38. The molecule has 0 amide bonds. The highest BCUT2D eigenvalue weighted by Crippen LogP contribution is 2.26. The Morgan fingerprint density at radius 1 is 1.16 bits per heavy atom. The van der Waals surface area contributed by atoms with Gasteiger partial charge in [0, 0.05) is 5.69 Å². The predicted octanol–water partition coefficient (Wildman–Crippen LogP) is 0.500. The average molecular weight is 280 g/mol. The maximum Gasteiger partial charge on any atom is 0.171 e. The summed E-state index contributed by atoms with van der Waals surface area (Å²) < 4.78 is 11.1. The Labute approximate surface area is 116 Å². The van der Waals surface area contributed by atoms with E-state index in [1.54, 1.807) is 0 Å². The maximum absolute atomic E-state index is 9.66. The van der Waals surface area contributed by atoms with Crippen molar-refractivity contribution in [1.82, 2.24) is 5.32 Å². The standard InChI is InChI=1S/C13H16N2O3S/c16-10-7-18-11-9(6-17-12(10)11)15-13(19)14-8-4-2-1-3-5-8/h1-5,9-12,16H,6-7H2,(H2,14,15,19). The number of hydrogen-bond acceptors (Lipinski definition) is 4. The molecule has 2 aliphatic rings. The normalized spacial score (nSPS) is 32.9. The Balaban J connectivity index is 1.56. The average Bonchev–Trinajstić information content (AvgIpc) is 2.96. The largest absolute Gasteiger partial charge is 0.388 e. The van der Waals surface area contributed by atoms with E-state index in [-0.39, 0.29) is 18.2 Å². The van der Waals surface area contributed by atoms with Gasteiger partial charge in [-0.15, -0.1) is 0 Å². The van der Waals surface area contributed by atoms with Gasteiger partial charge in [-0.1, -0.05) is 18.2 Å². The summed E-state index contributed by atoms with van der Waals surface area (Å²) in [6.07, 6.45) is -0.907. The molecule has 2 fully saturated rings. The van der Waals surface area contributed by atoms with Crippen molar-refractivity contribution in [2.75, 3.05) is 18.5 Å². The Bertz CT molecular complexity index is 456. The zero-order valence-corrected chi connectivity index (χ0v) is 11.1. The van der Waals surface area contributed by atoms with E-state index >= 15 is 0 Å². The van der Waals surface area contributed by atoms with E-state index in [9.17, 15) is 5.11 Å². The fourth-order valence-electron chi connectivity index (χ4n) is 2.46. The molecule has 4 atom stereocenters. The van der Waals surface area contributed by atoms with Crippen LogP contribution in [-0.2, 0) is 9.47 Å². The zero-order valence-electron chi connectivity index (χ0n) is 10.3. The molecule has 2 aliphatic heterocycles. The summed E-state index contributed by atoms with van der Waals surface area (Å²) >= 11 is 5.27. The first kappa shape index (κ1) is 12.8. The highest BCUT2D eigenvalue weighted by molar-refractivity contribution is 7.80. The first-order valence-corrected chi connectivity index (χ1v) is 6.69. The summed E-state index contributed by atoms with van der Waals surface area (Å²) in [4.78, 5) is 0. The molecule has 0 spiro atoms. The summed E-state index contributed by atoms with van der Waals surface area (Å²) in [5.74, 6) is 0. The van der Waals surface area contributed by atoms with E-state index in [1.165, 1.54) is 0 Å². The van der Waals surface area contributed by atoms with Crippen LogP contribution < -0.4 is 10.6 Å². The number of aliphatic hydroxyl groups is 1. The van der Waals surface area contributed by atoms with Gasteiger partial charge in [0.25, 0.3) is 0 Å². The van der Waals surface area contributed by atoms with Crippen LogP contribution in [0.1, 0.15) is 0 Å². The summed E-state index contributed by atoms with van der Waals surface area (Å²) in [6.45, 7) is 0.815. The van der Waals surface area contributed by atoms with E-state index in [0.29, 0.717) is 18.3 Å². The van der Waals surface area contributed by atoms with Crippen LogP contribution in [0.25, 0.3) is 0 Å². The summed E-state index contributed by atoms with van der Waals surface area (Å²) in [6, 6.07) is 9.69. The molecule has 0 saturated carbocycles. The van der Waals surface area contributed by atoms with Gasteiger partial charge < -0.3 is 25.2 Å². The number of nitrogens with one attached hydrogen (secondary N) is 2. The Morgan fingerprint density at radius 3 is 2.68 bits per heavy atom. The third kappa shape index (κ3) is 2.71. The molecule has 0 aromatic heterocycles. The van der Waals surface area contributed by atoms with Gasteiger partial charge in [0.15, 0.2) is 5.11 Å². The number of para-hydroxylation sites is 1. The molecule has 102 valence electrons. The summed E-state index contributed by atoms with van der Waals surface area (Å²) in [5.41, 5.74) is 0.933. The van der Waals surface area contributed by atoms with Gasteiger partial charge in [0.1, 0.15) is 18.3 Å². The second-order valence-electron chi connectivity index (χ2n) is 4.73. The number of hydrogen-bond donors (Lipinski definition) is 3. The number of aliphatic hydroxyl groups excluding tert-OH is 1. The van der Waals surface area contributed by atoms with Crippen molar-refractivity contribution in [2.45, 2.75) is 24.4 Å². The van der Waals surface area contributed by atoms with Gasteiger partial charge in [-0.05, 0) is 24.4 Å². The van der Waals surface area contributed by atoms with Gasteiger partial charge in [-0.2, -0.15) is 0 Å². The lowest BCUT2D eigenvalue weighted by molar-refractivity contribution is 0.0180. The fourth-order valence-corrected chi connectivity index (χ4v) is 2.73. The molecule has 6 heteroatoms. The van der Waals surface area contributed by atoms with E-state index in [4.69, 9.17) is 21.7 Å². The molecule has 1 aromatic carbocycles. The molecule has 0 radical (unpaired) electrons. The lowest BCUT2D eigenvalue weighted by Gasteiger charge is -2.19. The second-order valence-corrected chi connectivity index (χ2v) is 5.14. The number of thiocarbonyl (C=S) groups is 1. The van der Waals surface area contributed by atoms with Crippen LogP contribution in [0.4, 0.5) is 5.69 Å². The SMILES string of the molecule is OC1COC2C(NC(=S)Nc3ccccc3)COC12. The smallest absolute Gasteiger partial charge is 0.171 e.